The largest absolute Gasteiger partial charge is 0.325 e. The van der Waals surface area contributed by atoms with E-state index in [0.29, 0.717) is 18.4 Å². The van der Waals surface area contributed by atoms with Crippen molar-refractivity contribution in [3.05, 3.63) is 29.8 Å². The van der Waals surface area contributed by atoms with Gasteiger partial charge in [-0.05, 0) is 29.5 Å². The molecule has 1 heterocycles. The highest BCUT2D eigenvalue weighted by Crippen LogP contribution is 2.17. The van der Waals surface area contributed by atoms with Crippen molar-refractivity contribution in [2.75, 3.05) is 38.0 Å². The van der Waals surface area contributed by atoms with Gasteiger partial charge in [-0.15, -0.1) is 0 Å². The second kappa shape index (κ2) is 8.98. The van der Waals surface area contributed by atoms with Gasteiger partial charge in [-0.1, -0.05) is 39.8 Å². The van der Waals surface area contributed by atoms with Crippen molar-refractivity contribution in [3.8, 4) is 6.07 Å². The number of rotatable bonds is 6. The fourth-order valence-corrected chi connectivity index (χ4v) is 3.21. The van der Waals surface area contributed by atoms with E-state index >= 15 is 0 Å². The first-order valence-electron chi connectivity index (χ1n) is 9.16. The molecule has 1 aromatic rings. The maximum Gasteiger partial charge on any atom is 0.238 e. The number of piperazine rings is 1. The average molecular weight is 342 g/mol. The second-order valence-corrected chi connectivity index (χ2v) is 7.45. The molecule has 25 heavy (non-hydrogen) atoms. The number of amides is 1. The highest BCUT2D eigenvalue weighted by atomic mass is 16.2. The molecule has 136 valence electrons. The minimum absolute atomic E-state index is 0.0199. The van der Waals surface area contributed by atoms with Gasteiger partial charge in [0, 0.05) is 31.9 Å². The zero-order chi connectivity index (χ0) is 18.4. The van der Waals surface area contributed by atoms with Gasteiger partial charge in [0.05, 0.1) is 12.6 Å². The summed E-state index contributed by atoms with van der Waals surface area (Å²) in [6.45, 7) is 12.2. The quantitative estimate of drug-likeness (QED) is 0.863. The van der Waals surface area contributed by atoms with Crippen LogP contribution in [0.15, 0.2) is 24.3 Å². The van der Waals surface area contributed by atoms with Crippen molar-refractivity contribution >= 4 is 11.6 Å². The number of benzene rings is 1. The lowest BCUT2D eigenvalue weighted by atomic mass is 10.0. The Morgan fingerprint density at radius 2 is 1.72 bits per heavy atom. The maximum atomic E-state index is 12.3. The van der Waals surface area contributed by atoms with Crippen LogP contribution >= 0.6 is 0 Å². The number of carbonyl (C=O) groups is 1. The summed E-state index contributed by atoms with van der Waals surface area (Å²) in [5, 5.41) is 12.3. The number of anilines is 1. The Morgan fingerprint density at radius 3 is 2.20 bits per heavy atom. The van der Waals surface area contributed by atoms with Gasteiger partial charge in [0.1, 0.15) is 6.04 Å². The van der Waals surface area contributed by atoms with Crippen LogP contribution in [-0.2, 0) is 4.79 Å². The summed E-state index contributed by atoms with van der Waals surface area (Å²) in [5.41, 5.74) is 2.11. The van der Waals surface area contributed by atoms with Crippen molar-refractivity contribution in [2.24, 2.45) is 5.92 Å². The summed E-state index contributed by atoms with van der Waals surface area (Å²) in [4.78, 5) is 16.6. The minimum atomic E-state index is -0.0320. The van der Waals surface area contributed by atoms with E-state index in [4.69, 9.17) is 0 Å². The third kappa shape index (κ3) is 5.55. The smallest absolute Gasteiger partial charge is 0.238 e. The molecular weight excluding hydrogens is 312 g/mol. The van der Waals surface area contributed by atoms with Crippen molar-refractivity contribution < 1.29 is 4.79 Å². The first-order chi connectivity index (χ1) is 11.9. The number of nitrogens with one attached hydrogen (secondary N) is 1. The Morgan fingerprint density at radius 1 is 1.12 bits per heavy atom. The van der Waals surface area contributed by atoms with Crippen LogP contribution < -0.4 is 5.32 Å². The van der Waals surface area contributed by atoms with E-state index in [-0.39, 0.29) is 11.9 Å². The van der Waals surface area contributed by atoms with Crippen LogP contribution in [0.3, 0.4) is 0 Å². The Hall–Kier alpha value is -1.90. The molecule has 0 saturated carbocycles. The van der Waals surface area contributed by atoms with Crippen molar-refractivity contribution in [1.29, 1.82) is 5.26 Å². The molecule has 0 unspecified atom stereocenters. The predicted octanol–water partition coefficient (Wildman–Crippen LogP) is 2.91. The zero-order valence-corrected chi connectivity index (χ0v) is 15.8. The van der Waals surface area contributed by atoms with Crippen molar-refractivity contribution in [1.82, 2.24) is 9.80 Å². The summed E-state index contributed by atoms with van der Waals surface area (Å²) in [7, 11) is 0. The van der Waals surface area contributed by atoms with Crippen LogP contribution in [0.2, 0.25) is 0 Å². The number of hydrogen-bond acceptors (Lipinski definition) is 4. The number of carbonyl (C=O) groups excluding carboxylic acids is 1. The molecule has 1 aromatic carbocycles. The molecular formula is C20H30N4O. The summed E-state index contributed by atoms with van der Waals surface area (Å²) in [6, 6.07) is 10.4. The first-order valence-corrected chi connectivity index (χ1v) is 9.16. The van der Waals surface area contributed by atoms with E-state index < -0.39 is 0 Å². The van der Waals surface area contributed by atoms with Crippen LogP contribution in [0.5, 0.6) is 0 Å². The van der Waals surface area contributed by atoms with Crippen LogP contribution in [0, 0.1) is 17.2 Å². The predicted molar refractivity (Wildman–Crippen MR) is 101 cm³/mol. The van der Waals surface area contributed by atoms with Gasteiger partial charge in [-0.2, -0.15) is 5.26 Å². The lowest BCUT2D eigenvalue weighted by Gasteiger charge is -2.37. The van der Waals surface area contributed by atoms with E-state index in [9.17, 15) is 10.1 Å². The van der Waals surface area contributed by atoms with E-state index in [1.54, 1.807) is 0 Å². The first kappa shape index (κ1) is 19.4. The Kier molecular flexibility index (Phi) is 6.98. The number of nitrogens with zero attached hydrogens (tertiary/aromatic N) is 3. The highest BCUT2D eigenvalue weighted by Gasteiger charge is 2.26. The fourth-order valence-electron chi connectivity index (χ4n) is 3.21. The maximum absolute atomic E-state index is 12.3. The molecule has 1 saturated heterocycles. The second-order valence-electron chi connectivity index (χ2n) is 7.45. The molecule has 1 atom stereocenters. The molecule has 1 aliphatic rings. The molecule has 5 nitrogen and oxygen atoms in total. The van der Waals surface area contributed by atoms with E-state index in [1.165, 1.54) is 5.56 Å². The Balaban J connectivity index is 1.79. The SMILES string of the molecule is CC(C)c1ccc(NC(=O)CN2CCN([C@@H](C#N)C(C)C)CC2)cc1. The summed E-state index contributed by atoms with van der Waals surface area (Å²) in [5.74, 6) is 0.837. The lowest BCUT2D eigenvalue weighted by Crippen LogP contribution is -2.52. The van der Waals surface area contributed by atoms with Crippen LogP contribution in [0.1, 0.15) is 39.2 Å². The molecule has 0 bridgehead atoms. The van der Waals surface area contributed by atoms with Gasteiger partial charge >= 0.3 is 0 Å². The molecule has 0 spiro atoms. The lowest BCUT2D eigenvalue weighted by molar-refractivity contribution is -0.117. The zero-order valence-electron chi connectivity index (χ0n) is 15.8. The molecule has 0 aromatic heterocycles. The standard InChI is InChI=1S/C20H30N4O/c1-15(2)17-5-7-18(8-6-17)22-20(25)14-23-9-11-24(12-10-23)19(13-21)16(3)4/h5-8,15-16,19H,9-12,14H2,1-4H3,(H,22,25)/t19-/m0/s1. The third-order valence-electron chi connectivity index (χ3n) is 4.79. The normalized spacial score (nSPS) is 17.5. The van der Waals surface area contributed by atoms with E-state index in [1.807, 2.05) is 12.1 Å². The summed E-state index contributed by atoms with van der Waals surface area (Å²) >= 11 is 0. The van der Waals surface area contributed by atoms with Gasteiger partial charge in [0.2, 0.25) is 5.91 Å². The molecule has 1 amide bonds. The van der Waals surface area contributed by atoms with E-state index in [2.05, 4.69) is 61.0 Å². The van der Waals surface area contributed by atoms with Gasteiger partial charge < -0.3 is 5.32 Å². The van der Waals surface area contributed by atoms with Gasteiger partial charge in [-0.3, -0.25) is 14.6 Å². The molecule has 0 radical (unpaired) electrons. The molecule has 1 N–H and O–H groups in total. The third-order valence-corrected chi connectivity index (χ3v) is 4.79. The Bertz CT molecular complexity index is 595. The monoisotopic (exact) mass is 342 g/mol. The number of nitriles is 1. The Labute approximate surface area is 151 Å². The van der Waals surface area contributed by atoms with Gasteiger partial charge in [0.15, 0.2) is 0 Å². The van der Waals surface area contributed by atoms with Gasteiger partial charge in [-0.25, -0.2) is 0 Å². The molecule has 2 rings (SSSR count). The minimum Gasteiger partial charge on any atom is -0.325 e. The summed E-state index contributed by atoms with van der Waals surface area (Å²) < 4.78 is 0. The fraction of sp³-hybridized carbons (Fsp3) is 0.600. The molecule has 1 aliphatic heterocycles. The van der Waals surface area contributed by atoms with E-state index in [0.717, 1.165) is 31.9 Å². The van der Waals surface area contributed by atoms with Crippen molar-refractivity contribution in [3.63, 3.8) is 0 Å². The van der Waals surface area contributed by atoms with Crippen molar-refractivity contribution in [2.45, 2.75) is 39.7 Å². The average Bonchev–Trinajstić information content (AvgIpc) is 2.57. The van der Waals surface area contributed by atoms with Crippen LogP contribution in [0.4, 0.5) is 5.69 Å². The highest BCUT2D eigenvalue weighted by molar-refractivity contribution is 5.92. The summed E-state index contributed by atoms with van der Waals surface area (Å²) in [6.07, 6.45) is 0. The molecule has 5 heteroatoms. The van der Waals surface area contributed by atoms with Gasteiger partial charge in [0.25, 0.3) is 0 Å². The van der Waals surface area contributed by atoms with Crippen LogP contribution in [0.25, 0.3) is 0 Å². The molecule has 1 fully saturated rings. The topological polar surface area (TPSA) is 59.4 Å². The molecule has 0 aliphatic carbocycles. The van der Waals surface area contributed by atoms with Crippen LogP contribution in [-0.4, -0.2) is 54.5 Å². The number of hydrogen-bond donors (Lipinski definition) is 1.